The third-order valence-corrected chi connectivity index (χ3v) is 5.71. The zero-order valence-electron chi connectivity index (χ0n) is 10.2. The van der Waals surface area contributed by atoms with E-state index < -0.39 is 5.97 Å². The Bertz CT molecular complexity index is 123. The molecule has 3 nitrogen and oxygen atoms in total. The molecule has 0 heterocycles. The molecule has 0 rings (SSSR count). The van der Waals surface area contributed by atoms with Crippen LogP contribution in [0.3, 0.4) is 0 Å². The Morgan fingerprint density at radius 1 is 1.20 bits per heavy atom. The first-order chi connectivity index (χ1) is 7.18. The molecule has 0 amide bonds. The van der Waals surface area contributed by atoms with Gasteiger partial charge in [0.05, 0.1) is 12.6 Å². The summed E-state index contributed by atoms with van der Waals surface area (Å²) in [5, 5.41) is 9.36. The second-order valence-corrected chi connectivity index (χ2v) is 7.54. The molecular formula is C11H23O3Sn. The van der Waals surface area contributed by atoms with E-state index in [9.17, 15) is 9.90 Å². The van der Waals surface area contributed by atoms with Gasteiger partial charge in [0.25, 0.3) is 0 Å². The number of aliphatic carboxylic acids is 1. The van der Waals surface area contributed by atoms with Crippen molar-refractivity contribution in [3.8, 4) is 0 Å². The van der Waals surface area contributed by atoms with Gasteiger partial charge in [-0.15, -0.1) is 0 Å². The molecule has 0 bridgehead atoms. The van der Waals surface area contributed by atoms with Gasteiger partial charge in [0.1, 0.15) is 0 Å². The van der Waals surface area contributed by atoms with Crippen molar-refractivity contribution in [3.63, 3.8) is 0 Å². The fourth-order valence-electron chi connectivity index (χ4n) is 0.846. The molecule has 0 N–H and O–H groups in total. The fourth-order valence-corrected chi connectivity index (χ4v) is 5.01. The van der Waals surface area contributed by atoms with Gasteiger partial charge < -0.3 is 14.6 Å². The van der Waals surface area contributed by atoms with E-state index in [1.165, 1.54) is 32.8 Å². The SMILES string of the molecule is CCC[CH2][Sn+][CH2]CCC.COCC(=O)[O-]. The van der Waals surface area contributed by atoms with Gasteiger partial charge in [-0.25, -0.2) is 0 Å². The Morgan fingerprint density at radius 2 is 1.67 bits per heavy atom. The summed E-state index contributed by atoms with van der Waals surface area (Å²) in [6, 6.07) is 0. The smallest absolute Gasteiger partial charge is 0.0857 e. The molecule has 0 fully saturated rings. The minimum absolute atomic E-state index is 0.149. The first kappa shape index (κ1) is 17.6. The second kappa shape index (κ2) is 16.7. The van der Waals surface area contributed by atoms with Gasteiger partial charge >= 0.3 is 69.5 Å². The molecule has 1 radical (unpaired) electrons. The van der Waals surface area contributed by atoms with Crippen LogP contribution in [0.2, 0.25) is 8.87 Å². The summed E-state index contributed by atoms with van der Waals surface area (Å²) < 4.78 is 7.39. The summed E-state index contributed by atoms with van der Waals surface area (Å²) in [5.74, 6) is -1.18. The average Bonchev–Trinajstić information content (AvgIpc) is 2.18. The predicted molar refractivity (Wildman–Crippen MR) is 62.1 cm³/mol. The van der Waals surface area contributed by atoms with Crippen molar-refractivity contribution in [2.24, 2.45) is 0 Å². The van der Waals surface area contributed by atoms with Crippen LogP contribution in [0.5, 0.6) is 0 Å². The van der Waals surface area contributed by atoms with Crippen LogP contribution in [-0.2, 0) is 9.53 Å². The number of carbonyl (C=O) groups excluding carboxylic acids is 1. The van der Waals surface area contributed by atoms with E-state index in [2.05, 4.69) is 18.6 Å². The first-order valence-electron chi connectivity index (χ1n) is 5.58. The Labute approximate surface area is 104 Å². The molecule has 0 spiro atoms. The van der Waals surface area contributed by atoms with Gasteiger partial charge in [0.15, 0.2) is 0 Å². The molecule has 0 atom stereocenters. The maximum atomic E-state index is 9.36. The number of carbonyl (C=O) groups is 1. The normalized spacial score (nSPS) is 9.00. The van der Waals surface area contributed by atoms with Crippen molar-refractivity contribution < 1.29 is 14.6 Å². The Morgan fingerprint density at radius 3 is 1.87 bits per heavy atom. The van der Waals surface area contributed by atoms with Crippen LogP contribution < -0.4 is 5.11 Å². The summed E-state index contributed by atoms with van der Waals surface area (Å²) >= 11 is 0.149. The van der Waals surface area contributed by atoms with E-state index in [0.29, 0.717) is 0 Å². The van der Waals surface area contributed by atoms with E-state index >= 15 is 0 Å². The number of rotatable bonds is 8. The van der Waals surface area contributed by atoms with Crippen molar-refractivity contribution in [3.05, 3.63) is 0 Å². The summed E-state index contributed by atoms with van der Waals surface area (Å²) in [4.78, 5) is 9.36. The number of carboxylic acids is 1. The number of methoxy groups -OCH3 is 1. The van der Waals surface area contributed by atoms with Crippen LogP contribution in [0.15, 0.2) is 0 Å². The van der Waals surface area contributed by atoms with Crippen LogP contribution in [0.4, 0.5) is 0 Å². The van der Waals surface area contributed by atoms with Gasteiger partial charge in [-0.05, 0) is 0 Å². The zero-order valence-corrected chi connectivity index (χ0v) is 13.0. The van der Waals surface area contributed by atoms with Crippen LogP contribution in [0.1, 0.15) is 39.5 Å². The van der Waals surface area contributed by atoms with Gasteiger partial charge in [0.2, 0.25) is 0 Å². The summed E-state index contributed by atoms with van der Waals surface area (Å²) in [5.41, 5.74) is 0. The molecule has 0 aliphatic rings. The summed E-state index contributed by atoms with van der Waals surface area (Å²) in [6.07, 6.45) is 5.84. The fraction of sp³-hybridized carbons (Fsp3) is 0.909. The molecule has 0 aromatic rings. The van der Waals surface area contributed by atoms with E-state index in [4.69, 9.17) is 0 Å². The minimum atomic E-state index is -1.18. The van der Waals surface area contributed by atoms with Crippen LogP contribution >= 0.6 is 0 Å². The van der Waals surface area contributed by atoms with Crippen LogP contribution in [0, 0.1) is 0 Å². The molecule has 0 aliphatic carbocycles. The van der Waals surface area contributed by atoms with Crippen LogP contribution in [0.25, 0.3) is 0 Å². The Kier molecular flexibility index (Phi) is 19.6. The second-order valence-electron chi connectivity index (χ2n) is 3.26. The topological polar surface area (TPSA) is 49.4 Å². The Balaban J connectivity index is 0. The van der Waals surface area contributed by atoms with E-state index in [1.54, 1.807) is 8.87 Å². The van der Waals surface area contributed by atoms with Gasteiger partial charge in [0, 0.05) is 7.11 Å². The van der Waals surface area contributed by atoms with Crippen molar-refractivity contribution >= 4 is 27.1 Å². The molecule has 0 unspecified atom stereocenters. The van der Waals surface area contributed by atoms with E-state index in [0.717, 1.165) is 0 Å². The number of hydrogen-bond acceptors (Lipinski definition) is 3. The van der Waals surface area contributed by atoms with Crippen LogP contribution in [-0.4, -0.2) is 40.8 Å². The maximum absolute atomic E-state index is 9.36. The predicted octanol–water partition coefficient (Wildman–Crippen LogP) is 1.51. The third-order valence-electron chi connectivity index (χ3n) is 1.68. The number of carboxylic acid groups (broad SMARTS) is 1. The largest absolute Gasteiger partial charge is 0.548 e. The van der Waals surface area contributed by atoms with Crippen molar-refractivity contribution in [2.75, 3.05) is 13.7 Å². The first-order valence-corrected chi connectivity index (χ1v) is 9.62. The van der Waals surface area contributed by atoms with Gasteiger partial charge in [-0.3, -0.25) is 0 Å². The molecule has 0 aromatic carbocycles. The number of hydrogen-bond donors (Lipinski definition) is 0. The molecule has 0 saturated carbocycles. The monoisotopic (exact) mass is 323 g/mol. The number of ether oxygens (including phenoxy) is 1. The third kappa shape index (κ3) is 25.0. The molecule has 0 saturated heterocycles. The molecule has 0 aliphatic heterocycles. The van der Waals surface area contributed by atoms with E-state index in [-0.39, 0.29) is 27.7 Å². The molecular weight excluding hydrogens is 299 g/mol. The number of unbranched alkanes of at least 4 members (excludes halogenated alkanes) is 2. The average molecular weight is 322 g/mol. The molecule has 15 heavy (non-hydrogen) atoms. The summed E-state index contributed by atoms with van der Waals surface area (Å²) in [6.45, 7) is 4.26. The maximum Gasteiger partial charge on any atom is 0.0857 e. The standard InChI is InChI=1S/2C4H9.C3H6O3.Sn/c2*1-3-4-2;1-6-2-3(4)5;/h2*1,3-4H2,2H3;2H2,1H3,(H,4,5);/q;;;+1/p-1. The minimum Gasteiger partial charge on any atom is -0.548 e. The molecule has 0 aromatic heterocycles. The van der Waals surface area contributed by atoms with Gasteiger partial charge in [-0.2, -0.15) is 0 Å². The summed E-state index contributed by atoms with van der Waals surface area (Å²) in [7, 11) is 1.30. The van der Waals surface area contributed by atoms with Crippen molar-refractivity contribution in [1.82, 2.24) is 0 Å². The Hall–Kier alpha value is 0.229. The molecule has 4 heteroatoms. The quantitative estimate of drug-likeness (QED) is 0.503. The zero-order chi connectivity index (χ0) is 11.9. The van der Waals surface area contributed by atoms with E-state index in [1.807, 2.05) is 0 Å². The van der Waals surface area contributed by atoms with Gasteiger partial charge in [-0.1, -0.05) is 0 Å². The van der Waals surface area contributed by atoms with Crippen molar-refractivity contribution in [2.45, 2.75) is 48.4 Å². The molecule has 89 valence electrons. The van der Waals surface area contributed by atoms with Crippen molar-refractivity contribution in [1.29, 1.82) is 0 Å².